The van der Waals surface area contributed by atoms with Crippen molar-refractivity contribution < 1.29 is 38.1 Å². The monoisotopic (exact) mass is 792 g/mol. The van der Waals surface area contributed by atoms with E-state index in [9.17, 15) is 19.2 Å². The third-order valence-corrected chi connectivity index (χ3v) is 12.6. The van der Waals surface area contributed by atoms with E-state index in [1.165, 1.54) is 12.8 Å². The second-order valence-electron chi connectivity index (χ2n) is 21.8. The molecule has 0 heterocycles. The lowest BCUT2D eigenvalue weighted by atomic mass is 9.59. The van der Waals surface area contributed by atoms with Gasteiger partial charge in [0.25, 0.3) is 0 Å². The fourth-order valence-corrected chi connectivity index (χ4v) is 11.7. The van der Waals surface area contributed by atoms with E-state index in [0.717, 1.165) is 44.9 Å². The summed E-state index contributed by atoms with van der Waals surface area (Å²) in [6, 6.07) is -0.0934. The molecule has 3 saturated carbocycles. The smallest absolute Gasteiger partial charge is 0.407 e. The predicted octanol–water partition coefficient (Wildman–Crippen LogP) is 10.3. The molecule has 3 amide bonds. The Morgan fingerprint density at radius 3 is 1.50 bits per heavy atom. The van der Waals surface area contributed by atoms with Crippen molar-refractivity contribution in [3.05, 3.63) is 0 Å². The Kier molecular flexibility index (Phi) is 17.3. The first-order valence-electron chi connectivity index (χ1n) is 21.8. The predicted molar refractivity (Wildman–Crippen MR) is 221 cm³/mol. The molecule has 0 aliphatic heterocycles. The zero-order valence-corrected chi connectivity index (χ0v) is 37.3. The van der Waals surface area contributed by atoms with Crippen LogP contribution in [0.2, 0.25) is 0 Å². The summed E-state index contributed by atoms with van der Waals surface area (Å²) < 4.78 is 21.8. The highest BCUT2D eigenvalue weighted by molar-refractivity contribution is 5.70. The van der Waals surface area contributed by atoms with Crippen LogP contribution in [0.25, 0.3) is 0 Å². The highest BCUT2D eigenvalue weighted by Gasteiger charge is 2.43. The molecule has 0 aromatic rings. The highest BCUT2D eigenvalue weighted by atomic mass is 16.6. The Morgan fingerprint density at radius 2 is 0.982 bits per heavy atom. The van der Waals surface area contributed by atoms with Gasteiger partial charge in [-0.15, -0.1) is 0 Å². The number of alkyl carbamates (subject to hydrolysis) is 3. The number of amides is 3. The Balaban J connectivity index is 1.25. The van der Waals surface area contributed by atoms with Crippen LogP contribution in [0.1, 0.15) is 172 Å². The molecule has 3 N–H and O–H groups in total. The molecule has 3 aliphatic rings. The standard InChI is InChI=1S/C45H81N3O8/c1-12-43(9)25-34(24-41(5,6)28-43)21-36(49)53-17-13-14-18-54-38(51)47-32-45(11)27-35(26-42(7,8)30-45)48-39(52)56-20-16-15-19-55-37(50)46-31-44(10)23-33(2)22-40(3,4)29-44/h33-35H,12-32H2,1-11H3,(H,46,50)(H,47,51)(H,48,52). The molecule has 6 atom stereocenters. The number of unbranched alkanes of at least 4 members (excludes halogenated alkanes) is 2. The summed E-state index contributed by atoms with van der Waals surface area (Å²) >= 11 is 0. The minimum Gasteiger partial charge on any atom is -0.466 e. The summed E-state index contributed by atoms with van der Waals surface area (Å²) in [7, 11) is 0. The topological polar surface area (TPSA) is 141 Å². The van der Waals surface area contributed by atoms with Crippen molar-refractivity contribution in [1.82, 2.24) is 16.0 Å². The van der Waals surface area contributed by atoms with Gasteiger partial charge in [0.05, 0.1) is 26.4 Å². The summed E-state index contributed by atoms with van der Waals surface area (Å²) in [6.07, 6.45) is 11.8. The van der Waals surface area contributed by atoms with Gasteiger partial charge in [-0.3, -0.25) is 4.79 Å². The summed E-state index contributed by atoms with van der Waals surface area (Å²) in [5.41, 5.74) is 0.587. The van der Waals surface area contributed by atoms with E-state index in [4.69, 9.17) is 18.9 Å². The van der Waals surface area contributed by atoms with E-state index < -0.39 is 18.3 Å². The van der Waals surface area contributed by atoms with Crippen LogP contribution in [0, 0.1) is 44.3 Å². The van der Waals surface area contributed by atoms with Crippen molar-refractivity contribution in [3.8, 4) is 0 Å². The van der Waals surface area contributed by atoms with Crippen LogP contribution in [-0.4, -0.2) is 69.8 Å². The molecule has 0 aromatic heterocycles. The van der Waals surface area contributed by atoms with E-state index in [1.54, 1.807) is 0 Å². The average Bonchev–Trinajstić information content (AvgIpc) is 3.03. The molecule has 0 spiro atoms. The Bertz CT molecular complexity index is 1300. The average molecular weight is 792 g/mol. The fourth-order valence-electron chi connectivity index (χ4n) is 11.7. The number of nitrogens with one attached hydrogen (secondary N) is 3. The SMILES string of the molecule is CCC1(C)CC(CC(=O)OCCCCOC(=O)NCC2(C)CC(NC(=O)OCCCCOC(=O)NCC3(C)CC(C)CC(C)(C)C3)CC(C)(C)C2)CC(C)(C)C1. The molecule has 0 bridgehead atoms. The van der Waals surface area contributed by atoms with Gasteiger partial charge in [-0.05, 0) is 128 Å². The highest BCUT2D eigenvalue weighted by Crippen LogP contribution is 2.51. The minimum atomic E-state index is -0.465. The molecule has 3 fully saturated rings. The summed E-state index contributed by atoms with van der Waals surface area (Å²) in [5, 5.41) is 8.95. The van der Waals surface area contributed by atoms with Crippen LogP contribution >= 0.6 is 0 Å². The molecule has 11 nitrogen and oxygen atoms in total. The van der Waals surface area contributed by atoms with Gasteiger partial charge >= 0.3 is 24.2 Å². The van der Waals surface area contributed by atoms with Crippen LogP contribution < -0.4 is 16.0 Å². The number of hydrogen-bond donors (Lipinski definition) is 3. The van der Waals surface area contributed by atoms with Crippen molar-refractivity contribution >= 4 is 24.2 Å². The van der Waals surface area contributed by atoms with Gasteiger partial charge in [-0.1, -0.05) is 82.6 Å². The quantitative estimate of drug-likeness (QED) is 0.0708. The van der Waals surface area contributed by atoms with Crippen LogP contribution in [0.4, 0.5) is 14.4 Å². The maximum atomic E-state index is 12.7. The first-order valence-corrected chi connectivity index (χ1v) is 21.8. The molecular formula is C45H81N3O8. The number of rotatable bonds is 18. The number of carbonyl (C=O) groups is 4. The summed E-state index contributed by atoms with van der Waals surface area (Å²) in [6.45, 7) is 27.0. The van der Waals surface area contributed by atoms with Crippen molar-refractivity contribution in [3.63, 3.8) is 0 Å². The maximum absolute atomic E-state index is 12.7. The lowest BCUT2D eigenvalue weighted by Crippen LogP contribution is -2.50. The molecule has 0 aromatic carbocycles. The van der Waals surface area contributed by atoms with Crippen molar-refractivity contribution in [2.24, 2.45) is 44.3 Å². The van der Waals surface area contributed by atoms with Gasteiger partial charge < -0.3 is 34.9 Å². The van der Waals surface area contributed by atoms with E-state index in [0.29, 0.717) is 70.1 Å². The van der Waals surface area contributed by atoms with Gasteiger partial charge in [-0.2, -0.15) is 0 Å². The van der Waals surface area contributed by atoms with Gasteiger partial charge in [0.15, 0.2) is 0 Å². The van der Waals surface area contributed by atoms with E-state index in [2.05, 4.69) is 92.1 Å². The Morgan fingerprint density at radius 1 is 0.536 bits per heavy atom. The third-order valence-electron chi connectivity index (χ3n) is 12.6. The maximum Gasteiger partial charge on any atom is 0.407 e. The van der Waals surface area contributed by atoms with Gasteiger partial charge in [0.2, 0.25) is 0 Å². The lowest BCUT2D eigenvalue weighted by molar-refractivity contribution is -0.146. The molecule has 0 saturated heterocycles. The van der Waals surface area contributed by atoms with Crippen molar-refractivity contribution in [2.45, 2.75) is 179 Å². The summed E-state index contributed by atoms with van der Waals surface area (Å²) in [5.74, 6) is 0.868. The van der Waals surface area contributed by atoms with Gasteiger partial charge in [-0.25, -0.2) is 14.4 Å². The van der Waals surface area contributed by atoms with E-state index in [-0.39, 0.29) is 64.3 Å². The van der Waals surface area contributed by atoms with Crippen LogP contribution in [0.5, 0.6) is 0 Å². The molecule has 6 unspecified atom stereocenters. The first kappa shape index (κ1) is 47.7. The number of hydrogen-bond acceptors (Lipinski definition) is 8. The van der Waals surface area contributed by atoms with Crippen LogP contribution in [0.3, 0.4) is 0 Å². The van der Waals surface area contributed by atoms with Crippen molar-refractivity contribution in [1.29, 1.82) is 0 Å². The van der Waals surface area contributed by atoms with Gasteiger partial charge in [0.1, 0.15) is 0 Å². The van der Waals surface area contributed by atoms with Crippen LogP contribution in [-0.2, 0) is 23.7 Å². The molecule has 11 heteroatoms. The van der Waals surface area contributed by atoms with Crippen LogP contribution in [0.15, 0.2) is 0 Å². The number of ether oxygens (including phenoxy) is 4. The Labute approximate surface area is 340 Å². The number of carbonyl (C=O) groups excluding carboxylic acids is 4. The van der Waals surface area contributed by atoms with E-state index >= 15 is 0 Å². The second-order valence-corrected chi connectivity index (χ2v) is 21.8. The number of esters is 1. The van der Waals surface area contributed by atoms with Gasteiger partial charge in [0, 0.05) is 25.6 Å². The first-order chi connectivity index (χ1) is 25.9. The Hall–Kier alpha value is -2.72. The largest absolute Gasteiger partial charge is 0.466 e. The molecule has 56 heavy (non-hydrogen) atoms. The minimum absolute atomic E-state index is 0.0441. The normalized spacial score (nSPS) is 30.7. The fraction of sp³-hybridized carbons (Fsp3) is 0.911. The summed E-state index contributed by atoms with van der Waals surface area (Å²) in [4.78, 5) is 50.2. The second kappa shape index (κ2) is 20.3. The molecule has 324 valence electrons. The third kappa shape index (κ3) is 17.4. The lowest BCUT2D eigenvalue weighted by Gasteiger charge is -2.46. The molecular weight excluding hydrogens is 711 g/mol. The van der Waals surface area contributed by atoms with E-state index in [1.807, 2.05) is 0 Å². The zero-order chi connectivity index (χ0) is 41.8. The molecule has 3 aliphatic carbocycles. The molecule has 0 radical (unpaired) electrons. The zero-order valence-electron chi connectivity index (χ0n) is 37.3. The van der Waals surface area contributed by atoms with Crippen molar-refractivity contribution in [2.75, 3.05) is 39.5 Å². The molecule has 3 rings (SSSR count).